The number of thiazole rings is 1. The second-order valence-corrected chi connectivity index (χ2v) is 5.34. The Hall–Kier alpha value is -1.68. The van der Waals surface area contributed by atoms with Crippen molar-refractivity contribution < 1.29 is 4.79 Å². The predicted octanol–water partition coefficient (Wildman–Crippen LogP) is 3.32. The molecule has 0 saturated heterocycles. The molecule has 0 aliphatic heterocycles. The summed E-state index contributed by atoms with van der Waals surface area (Å²) in [5.41, 5.74) is 2.85. The third kappa shape index (κ3) is 2.91. The number of carbonyl (C=O) groups excluding carboxylic acids is 1. The van der Waals surface area contributed by atoms with Crippen LogP contribution in [0.15, 0.2) is 24.4 Å². The molecule has 0 atom stereocenters. The SMILES string of the molecule is Cc1cc(C)cc(C(=O)Nc2ncc(C)s2)c1. The van der Waals surface area contributed by atoms with Crippen LogP contribution in [0.4, 0.5) is 5.13 Å². The molecule has 0 aliphatic carbocycles. The molecule has 88 valence electrons. The fourth-order valence-electron chi connectivity index (χ4n) is 1.69. The van der Waals surface area contributed by atoms with Crippen LogP contribution >= 0.6 is 11.3 Å². The summed E-state index contributed by atoms with van der Waals surface area (Å²) in [6, 6.07) is 5.80. The van der Waals surface area contributed by atoms with E-state index in [9.17, 15) is 4.79 Å². The largest absolute Gasteiger partial charge is 0.298 e. The van der Waals surface area contributed by atoms with Gasteiger partial charge in [0.05, 0.1) is 0 Å². The molecule has 1 heterocycles. The van der Waals surface area contributed by atoms with E-state index < -0.39 is 0 Å². The number of aromatic nitrogens is 1. The van der Waals surface area contributed by atoms with Gasteiger partial charge in [-0.2, -0.15) is 0 Å². The molecule has 2 aromatic rings. The second-order valence-electron chi connectivity index (χ2n) is 4.11. The van der Waals surface area contributed by atoms with Gasteiger partial charge in [-0.25, -0.2) is 4.98 Å². The number of nitrogens with one attached hydrogen (secondary N) is 1. The molecule has 0 unspecified atom stereocenters. The number of rotatable bonds is 2. The van der Waals surface area contributed by atoms with Crippen molar-refractivity contribution in [2.24, 2.45) is 0 Å². The van der Waals surface area contributed by atoms with Crippen LogP contribution in [0.25, 0.3) is 0 Å². The minimum absolute atomic E-state index is 0.105. The van der Waals surface area contributed by atoms with Gasteiger partial charge in [0.25, 0.3) is 5.91 Å². The monoisotopic (exact) mass is 246 g/mol. The lowest BCUT2D eigenvalue weighted by atomic mass is 10.1. The minimum atomic E-state index is -0.105. The molecule has 3 nitrogen and oxygen atoms in total. The van der Waals surface area contributed by atoms with Crippen LogP contribution in [-0.2, 0) is 0 Å². The van der Waals surface area contributed by atoms with E-state index in [-0.39, 0.29) is 5.91 Å². The molecule has 4 heteroatoms. The van der Waals surface area contributed by atoms with Crippen LogP contribution in [0, 0.1) is 20.8 Å². The van der Waals surface area contributed by atoms with Gasteiger partial charge in [-0.1, -0.05) is 17.2 Å². The molecule has 17 heavy (non-hydrogen) atoms. The van der Waals surface area contributed by atoms with Crippen molar-refractivity contribution in [3.63, 3.8) is 0 Å². The summed E-state index contributed by atoms with van der Waals surface area (Å²) in [5.74, 6) is -0.105. The lowest BCUT2D eigenvalue weighted by molar-refractivity contribution is 0.102. The fourth-order valence-corrected chi connectivity index (χ4v) is 2.35. The third-order valence-electron chi connectivity index (χ3n) is 2.33. The smallest absolute Gasteiger partial charge is 0.257 e. The normalized spacial score (nSPS) is 10.3. The molecule has 0 spiro atoms. The zero-order valence-corrected chi connectivity index (χ0v) is 10.9. The molecule has 2 rings (SSSR count). The van der Waals surface area contributed by atoms with Crippen molar-refractivity contribution in [3.8, 4) is 0 Å². The second kappa shape index (κ2) is 4.67. The van der Waals surface area contributed by atoms with Gasteiger partial charge in [-0.3, -0.25) is 10.1 Å². The van der Waals surface area contributed by atoms with Crippen molar-refractivity contribution in [2.45, 2.75) is 20.8 Å². The van der Waals surface area contributed by atoms with E-state index in [4.69, 9.17) is 0 Å². The van der Waals surface area contributed by atoms with E-state index >= 15 is 0 Å². The highest BCUT2D eigenvalue weighted by atomic mass is 32.1. The number of amides is 1. The molecule has 1 N–H and O–H groups in total. The third-order valence-corrected chi connectivity index (χ3v) is 3.15. The first-order valence-corrected chi connectivity index (χ1v) is 6.18. The van der Waals surface area contributed by atoms with Gasteiger partial charge in [0.1, 0.15) is 0 Å². The summed E-state index contributed by atoms with van der Waals surface area (Å²) in [4.78, 5) is 17.2. The number of nitrogens with zero attached hydrogens (tertiary/aromatic N) is 1. The molecule has 0 radical (unpaired) electrons. The van der Waals surface area contributed by atoms with E-state index in [1.807, 2.05) is 39.0 Å². The van der Waals surface area contributed by atoms with Crippen molar-refractivity contribution in [1.82, 2.24) is 4.98 Å². The van der Waals surface area contributed by atoms with Crippen LogP contribution in [0.3, 0.4) is 0 Å². The zero-order valence-electron chi connectivity index (χ0n) is 10.1. The minimum Gasteiger partial charge on any atom is -0.298 e. The van der Waals surface area contributed by atoms with E-state index in [0.717, 1.165) is 16.0 Å². The Labute approximate surface area is 105 Å². The average Bonchev–Trinajstić information content (AvgIpc) is 2.62. The Kier molecular flexibility index (Phi) is 3.24. The highest BCUT2D eigenvalue weighted by Gasteiger charge is 2.08. The fraction of sp³-hybridized carbons (Fsp3) is 0.231. The summed E-state index contributed by atoms with van der Waals surface area (Å²) >= 11 is 1.48. The number of hydrogen-bond donors (Lipinski definition) is 1. The summed E-state index contributed by atoms with van der Waals surface area (Å²) in [5, 5.41) is 3.45. The van der Waals surface area contributed by atoms with E-state index in [1.54, 1.807) is 6.20 Å². The lowest BCUT2D eigenvalue weighted by Crippen LogP contribution is -2.12. The maximum Gasteiger partial charge on any atom is 0.257 e. The van der Waals surface area contributed by atoms with Crippen LogP contribution in [0.1, 0.15) is 26.4 Å². The first-order valence-electron chi connectivity index (χ1n) is 5.36. The number of hydrogen-bond acceptors (Lipinski definition) is 3. The highest BCUT2D eigenvalue weighted by molar-refractivity contribution is 7.15. The number of benzene rings is 1. The van der Waals surface area contributed by atoms with Crippen LogP contribution in [0.2, 0.25) is 0 Å². The van der Waals surface area contributed by atoms with Crippen molar-refractivity contribution in [2.75, 3.05) is 5.32 Å². The topological polar surface area (TPSA) is 42.0 Å². The van der Waals surface area contributed by atoms with E-state index in [1.165, 1.54) is 11.3 Å². The molecule has 1 aromatic heterocycles. The Morgan fingerprint density at radius 2 is 1.82 bits per heavy atom. The van der Waals surface area contributed by atoms with Gasteiger partial charge in [0.2, 0.25) is 0 Å². The average molecular weight is 246 g/mol. The summed E-state index contributed by atoms with van der Waals surface area (Å²) < 4.78 is 0. The van der Waals surface area contributed by atoms with Crippen LogP contribution in [0.5, 0.6) is 0 Å². The maximum atomic E-state index is 12.0. The molecule has 0 saturated carbocycles. The first kappa shape index (κ1) is 11.8. The van der Waals surface area contributed by atoms with Gasteiger partial charge < -0.3 is 0 Å². The Balaban J connectivity index is 2.19. The van der Waals surface area contributed by atoms with Gasteiger partial charge >= 0.3 is 0 Å². The van der Waals surface area contributed by atoms with Crippen LogP contribution < -0.4 is 5.32 Å². The first-order chi connectivity index (χ1) is 8.04. The maximum absolute atomic E-state index is 12.0. The zero-order chi connectivity index (χ0) is 12.4. The summed E-state index contributed by atoms with van der Waals surface area (Å²) in [7, 11) is 0. The van der Waals surface area contributed by atoms with Crippen molar-refractivity contribution in [3.05, 3.63) is 46.0 Å². The van der Waals surface area contributed by atoms with E-state index in [2.05, 4.69) is 10.3 Å². The molecule has 0 fully saturated rings. The van der Waals surface area contributed by atoms with Gasteiger partial charge in [-0.05, 0) is 32.9 Å². The Bertz CT molecular complexity index is 540. The molecular weight excluding hydrogens is 232 g/mol. The van der Waals surface area contributed by atoms with Crippen LogP contribution in [-0.4, -0.2) is 10.9 Å². The number of aryl methyl sites for hydroxylation is 3. The molecular formula is C13H14N2OS. The van der Waals surface area contributed by atoms with Gasteiger partial charge in [-0.15, -0.1) is 11.3 Å². The number of anilines is 1. The molecule has 1 aromatic carbocycles. The number of carbonyl (C=O) groups is 1. The summed E-state index contributed by atoms with van der Waals surface area (Å²) in [6.45, 7) is 5.93. The molecule has 0 aliphatic rings. The Morgan fingerprint density at radius 1 is 1.18 bits per heavy atom. The van der Waals surface area contributed by atoms with E-state index in [0.29, 0.717) is 10.7 Å². The van der Waals surface area contributed by atoms with Crippen molar-refractivity contribution in [1.29, 1.82) is 0 Å². The Morgan fingerprint density at radius 3 is 2.35 bits per heavy atom. The standard InChI is InChI=1S/C13H14N2OS/c1-8-4-9(2)6-11(5-8)12(16)15-13-14-7-10(3)17-13/h4-7H,1-3H3,(H,14,15,16). The quantitative estimate of drug-likeness (QED) is 0.883. The molecule has 1 amide bonds. The van der Waals surface area contributed by atoms with Gasteiger partial charge in [0, 0.05) is 16.6 Å². The lowest BCUT2D eigenvalue weighted by Gasteiger charge is -2.04. The highest BCUT2D eigenvalue weighted by Crippen LogP contribution is 2.18. The predicted molar refractivity (Wildman–Crippen MR) is 70.7 cm³/mol. The summed E-state index contributed by atoms with van der Waals surface area (Å²) in [6.07, 6.45) is 1.75. The van der Waals surface area contributed by atoms with Crippen molar-refractivity contribution >= 4 is 22.4 Å². The molecule has 0 bridgehead atoms. The van der Waals surface area contributed by atoms with Gasteiger partial charge in [0.15, 0.2) is 5.13 Å².